The van der Waals surface area contributed by atoms with E-state index in [0.717, 1.165) is 46.3 Å². The van der Waals surface area contributed by atoms with Crippen LogP contribution in [0.25, 0.3) is 22.2 Å². The number of ether oxygens (including phenoxy) is 1. The van der Waals surface area contributed by atoms with Gasteiger partial charge in [-0.2, -0.15) is 4.31 Å². The number of nitrogens with zero attached hydrogens (tertiary/aromatic N) is 3. The van der Waals surface area contributed by atoms with E-state index in [-0.39, 0.29) is 0 Å². The molecule has 1 fully saturated rings. The van der Waals surface area contributed by atoms with Gasteiger partial charge in [-0.05, 0) is 66.8 Å². The summed E-state index contributed by atoms with van der Waals surface area (Å²) in [7, 11) is -3.42. The Bertz CT molecular complexity index is 1360. The van der Waals surface area contributed by atoms with Gasteiger partial charge < -0.3 is 9.72 Å². The van der Waals surface area contributed by atoms with Crippen LogP contribution in [0.4, 0.5) is 0 Å². The molecule has 0 atom stereocenters. The minimum Gasteiger partial charge on any atom is -0.486 e. The fraction of sp³-hybridized carbons (Fsp3) is 0.250. The molecule has 0 radical (unpaired) electrons. The van der Waals surface area contributed by atoms with Crippen LogP contribution < -0.4 is 4.74 Å². The van der Waals surface area contributed by atoms with Crippen molar-refractivity contribution in [2.24, 2.45) is 0 Å². The molecule has 0 unspecified atom stereocenters. The summed E-state index contributed by atoms with van der Waals surface area (Å²) >= 11 is 0. The van der Waals surface area contributed by atoms with E-state index in [1.807, 2.05) is 37.3 Å². The van der Waals surface area contributed by atoms with Crippen molar-refractivity contribution < 1.29 is 13.2 Å². The Hall–Kier alpha value is -3.23. The molecule has 1 aliphatic rings. The first kappa shape index (κ1) is 20.7. The highest BCUT2D eigenvalue weighted by atomic mass is 32.2. The molecule has 4 heterocycles. The lowest BCUT2D eigenvalue weighted by atomic mass is 10.0. The fourth-order valence-corrected chi connectivity index (χ4v) is 5.58. The van der Waals surface area contributed by atoms with Crippen LogP contribution >= 0.6 is 0 Å². The predicted octanol–water partition coefficient (Wildman–Crippen LogP) is 4.30. The Kier molecular flexibility index (Phi) is 5.40. The molecule has 1 aliphatic heterocycles. The number of aromatic nitrogens is 3. The summed E-state index contributed by atoms with van der Waals surface area (Å²) in [4.78, 5) is 12.2. The van der Waals surface area contributed by atoms with Crippen molar-refractivity contribution >= 4 is 21.1 Å². The summed E-state index contributed by atoms with van der Waals surface area (Å²) in [6.07, 6.45) is 7.07. The predicted molar refractivity (Wildman–Crippen MR) is 123 cm³/mol. The van der Waals surface area contributed by atoms with Gasteiger partial charge in [-0.3, -0.25) is 4.98 Å². The molecule has 1 N–H and O–H groups in total. The smallest absolute Gasteiger partial charge is 0.243 e. The van der Waals surface area contributed by atoms with Gasteiger partial charge in [-0.1, -0.05) is 12.1 Å². The van der Waals surface area contributed by atoms with E-state index < -0.39 is 10.0 Å². The molecule has 7 nitrogen and oxygen atoms in total. The van der Waals surface area contributed by atoms with Crippen LogP contribution in [-0.2, 0) is 16.6 Å². The maximum atomic E-state index is 12.8. The molecular weight excluding hydrogens is 424 g/mol. The number of hydrogen-bond acceptors (Lipinski definition) is 5. The van der Waals surface area contributed by atoms with Crippen LogP contribution in [0, 0.1) is 6.92 Å². The number of aryl methyl sites for hydroxylation is 1. The number of fused-ring (bicyclic) bond motifs is 1. The molecule has 3 aromatic heterocycles. The van der Waals surface area contributed by atoms with E-state index >= 15 is 0 Å². The first-order valence-electron chi connectivity index (χ1n) is 10.6. The Balaban J connectivity index is 1.40. The first-order valence-corrected chi connectivity index (χ1v) is 12.1. The second kappa shape index (κ2) is 8.37. The third-order valence-electron chi connectivity index (χ3n) is 5.70. The third kappa shape index (κ3) is 3.99. The summed E-state index contributed by atoms with van der Waals surface area (Å²) in [6.45, 7) is 3.54. The highest BCUT2D eigenvalue weighted by molar-refractivity contribution is 7.89. The quantitative estimate of drug-likeness (QED) is 0.475. The van der Waals surface area contributed by atoms with Gasteiger partial charge in [0.25, 0.3) is 0 Å². The SMILES string of the molecule is Cc1cncc(OCc2cc3c(-c4ccc(S(=O)(=O)N5CCCC5)cc4)ccnc3[nH]2)c1. The molecule has 0 spiro atoms. The van der Waals surface area contributed by atoms with Crippen LogP contribution in [-0.4, -0.2) is 40.8 Å². The van der Waals surface area contributed by atoms with Gasteiger partial charge in [0.1, 0.15) is 18.0 Å². The van der Waals surface area contributed by atoms with Crippen molar-refractivity contribution in [3.05, 3.63) is 72.3 Å². The van der Waals surface area contributed by atoms with Gasteiger partial charge >= 0.3 is 0 Å². The van der Waals surface area contributed by atoms with Crippen LogP contribution in [0.5, 0.6) is 5.75 Å². The molecule has 0 aliphatic carbocycles. The lowest BCUT2D eigenvalue weighted by Crippen LogP contribution is -2.27. The van der Waals surface area contributed by atoms with Gasteiger partial charge in [0.15, 0.2) is 0 Å². The standard InChI is InChI=1S/C24H24N4O3S/c1-17-12-20(15-25-14-17)31-16-19-13-23-22(8-9-26-24(23)27-19)18-4-6-21(7-5-18)32(29,30)28-10-2-3-11-28/h4-9,12-15H,2-3,10-11,16H2,1H3,(H,26,27). The largest absolute Gasteiger partial charge is 0.486 e. The zero-order valence-electron chi connectivity index (χ0n) is 17.8. The van der Waals surface area contributed by atoms with E-state index in [1.165, 1.54) is 0 Å². The van der Waals surface area contributed by atoms with E-state index in [2.05, 4.69) is 15.0 Å². The van der Waals surface area contributed by atoms with E-state index in [1.54, 1.807) is 35.0 Å². The van der Waals surface area contributed by atoms with Gasteiger partial charge in [0.2, 0.25) is 10.0 Å². The maximum absolute atomic E-state index is 12.8. The minimum absolute atomic E-state index is 0.336. The van der Waals surface area contributed by atoms with Crippen LogP contribution in [0.3, 0.4) is 0 Å². The summed E-state index contributed by atoms with van der Waals surface area (Å²) in [5, 5.41) is 0.962. The zero-order valence-corrected chi connectivity index (χ0v) is 18.6. The number of nitrogens with one attached hydrogen (secondary N) is 1. The molecule has 1 aromatic carbocycles. The van der Waals surface area contributed by atoms with Crippen molar-refractivity contribution in [2.75, 3.05) is 13.1 Å². The lowest BCUT2D eigenvalue weighted by molar-refractivity contribution is 0.301. The van der Waals surface area contributed by atoms with Gasteiger partial charge in [0, 0.05) is 30.9 Å². The lowest BCUT2D eigenvalue weighted by Gasteiger charge is -2.15. The fourth-order valence-electron chi connectivity index (χ4n) is 4.06. The Labute approximate surface area is 187 Å². The molecule has 0 bridgehead atoms. The highest BCUT2D eigenvalue weighted by Gasteiger charge is 2.27. The Morgan fingerprint density at radius 2 is 1.84 bits per heavy atom. The van der Waals surface area contributed by atoms with E-state index in [9.17, 15) is 8.42 Å². The number of rotatable bonds is 6. The molecule has 0 amide bonds. The number of sulfonamides is 1. The minimum atomic E-state index is -3.42. The van der Waals surface area contributed by atoms with Crippen LogP contribution in [0.15, 0.2) is 66.0 Å². The van der Waals surface area contributed by atoms with Gasteiger partial charge in [-0.25, -0.2) is 13.4 Å². The number of benzene rings is 1. The van der Waals surface area contributed by atoms with Crippen LogP contribution in [0.2, 0.25) is 0 Å². The molecule has 5 rings (SSSR count). The number of H-pyrrole nitrogens is 1. The summed E-state index contributed by atoms with van der Waals surface area (Å²) in [5.74, 6) is 0.714. The average Bonchev–Trinajstić information content (AvgIpc) is 3.48. The zero-order chi connectivity index (χ0) is 22.1. The number of pyridine rings is 2. The molecule has 0 saturated carbocycles. The first-order chi connectivity index (χ1) is 15.5. The van der Waals surface area contributed by atoms with Crippen LogP contribution in [0.1, 0.15) is 24.1 Å². The Morgan fingerprint density at radius 1 is 1.06 bits per heavy atom. The second-order valence-electron chi connectivity index (χ2n) is 8.04. The monoisotopic (exact) mass is 448 g/mol. The molecular formula is C24H24N4O3S. The normalized spacial score (nSPS) is 14.8. The molecule has 8 heteroatoms. The third-order valence-corrected chi connectivity index (χ3v) is 7.61. The topological polar surface area (TPSA) is 88.2 Å². The van der Waals surface area contributed by atoms with Crippen molar-refractivity contribution in [1.29, 1.82) is 0 Å². The maximum Gasteiger partial charge on any atom is 0.243 e. The van der Waals surface area contributed by atoms with Crippen molar-refractivity contribution in [1.82, 2.24) is 19.3 Å². The molecule has 32 heavy (non-hydrogen) atoms. The molecule has 4 aromatic rings. The molecule has 1 saturated heterocycles. The van der Waals surface area contributed by atoms with Crippen molar-refractivity contribution in [2.45, 2.75) is 31.3 Å². The number of hydrogen-bond donors (Lipinski definition) is 1. The van der Waals surface area contributed by atoms with Crippen molar-refractivity contribution in [3.63, 3.8) is 0 Å². The number of aromatic amines is 1. The second-order valence-corrected chi connectivity index (χ2v) is 9.98. The highest BCUT2D eigenvalue weighted by Crippen LogP contribution is 2.30. The summed E-state index contributed by atoms with van der Waals surface area (Å²) in [6, 6.07) is 13.0. The average molecular weight is 449 g/mol. The van der Waals surface area contributed by atoms with E-state index in [0.29, 0.717) is 30.3 Å². The Morgan fingerprint density at radius 3 is 2.59 bits per heavy atom. The summed E-state index contributed by atoms with van der Waals surface area (Å²) in [5.41, 5.74) is 4.62. The van der Waals surface area contributed by atoms with Gasteiger partial charge in [0.05, 0.1) is 16.8 Å². The summed E-state index contributed by atoms with van der Waals surface area (Å²) < 4.78 is 33.0. The molecule has 164 valence electrons. The van der Waals surface area contributed by atoms with E-state index in [4.69, 9.17) is 4.74 Å². The van der Waals surface area contributed by atoms with Crippen molar-refractivity contribution in [3.8, 4) is 16.9 Å². The van der Waals surface area contributed by atoms with Gasteiger partial charge in [-0.15, -0.1) is 0 Å².